The lowest BCUT2D eigenvalue weighted by molar-refractivity contribution is -0.0932. The minimum absolute atomic E-state index is 0.413. The highest BCUT2D eigenvalue weighted by molar-refractivity contribution is 7.99. The fourth-order valence-electron chi connectivity index (χ4n) is 7.97. The van der Waals surface area contributed by atoms with E-state index in [1.165, 1.54) is 44.9 Å². The van der Waals surface area contributed by atoms with Gasteiger partial charge in [0.15, 0.2) is 0 Å². The Hall–Kier alpha value is -0.990. The van der Waals surface area contributed by atoms with Gasteiger partial charge in [-0.2, -0.15) is 10.4 Å². The second-order valence-electron chi connectivity index (χ2n) is 11.0. The maximum absolute atomic E-state index is 10.6. The molecule has 0 amide bonds. The van der Waals surface area contributed by atoms with E-state index in [9.17, 15) is 5.11 Å². The van der Waals surface area contributed by atoms with Crippen LogP contribution in [0.5, 0.6) is 0 Å². The van der Waals surface area contributed by atoms with Crippen LogP contribution in [0.15, 0.2) is 12.4 Å². The van der Waals surface area contributed by atoms with Crippen LogP contribution >= 0.6 is 11.8 Å². The van der Waals surface area contributed by atoms with Crippen LogP contribution in [-0.4, -0.2) is 25.7 Å². The number of fused-ring (bicyclic) bond motifs is 5. The fraction of sp³-hybridized carbons (Fsp3) is 0.833. The fourth-order valence-corrected chi connectivity index (χ4v) is 9.42. The van der Waals surface area contributed by atoms with E-state index in [1.54, 1.807) is 6.20 Å². The Morgan fingerprint density at radius 1 is 1.14 bits per heavy atom. The molecule has 4 nitrogen and oxygen atoms in total. The van der Waals surface area contributed by atoms with E-state index in [0.717, 1.165) is 48.3 Å². The number of hydrogen-bond acceptors (Lipinski definition) is 4. The van der Waals surface area contributed by atoms with Gasteiger partial charge in [0.05, 0.1) is 23.2 Å². The molecule has 4 saturated carbocycles. The SMILES string of the molecule is C[C@@]1(O)CC[C@H]2[C@H](CC[C@@H]3[C@@H]2CC[C@]2(C)[C@@H](SCn4cc(C#N)cn4)CC[C@@H]32)C1. The van der Waals surface area contributed by atoms with Gasteiger partial charge in [0.1, 0.15) is 6.07 Å². The molecular formula is C24H35N3OS. The third kappa shape index (κ3) is 3.45. The molecule has 1 heterocycles. The molecule has 1 aromatic heterocycles. The Labute approximate surface area is 179 Å². The molecular weight excluding hydrogens is 378 g/mol. The molecule has 29 heavy (non-hydrogen) atoms. The third-order valence-electron chi connectivity index (χ3n) is 9.32. The van der Waals surface area contributed by atoms with Gasteiger partial charge in [-0.1, -0.05) is 6.92 Å². The number of aromatic nitrogens is 2. The molecule has 4 aliphatic carbocycles. The summed E-state index contributed by atoms with van der Waals surface area (Å²) in [6.45, 7) is 4.64. The molecule has 0 saturated heterocycles. The molecule has 0 spiro atoms. The summed E-state index contributed by atoms with van der Waals surface area (Å²) in [6, 6.07) is 2.18. The first kappa shape index (κ1) is 19.9. The number of nitriles is 1. The molecule has 5 rings (SSSR count). The Kier molecular flexibility index (Phi) is 5.02. The standard InChI is InChI=1S/C24H35N3OS/c1-23(28)9-7-18-17(11-23)3-4-20-19(18)8-10-24(2)21(20)5-6-22(24)29-15-27-14-16(12-25)13-26-27/h13-14,17-22,28H,3-11,15H2,1-2H3/t17-,18+,19-,20-,21+,22+,23-,24+/m1/s1. The normalized spacial score (nSPS) is 46.4. The largest absolute Gasteiger partial charge is 0.390 e. The predicted molar refractivity (Wildman–Crippen MR) is 116 cm³/mol. The van der Waals surface area contributed by atoms with Crippen molar-refractivity contribution >= 4 is 11.8 Å². The quantitative estimate of drug-likeness (QED) is 0.738. The van der Waals surface area contributed by atoms with Crippen LogP contribution in [0.25, 0.3) is 0 Å². The van der Waals surface area contributed by atoms with E-state index in [0.29, 0.717) is 16.2 Å². The summed E-state index contributed by atoms with van der Waals surface area (Å²) in [5.41, 5.74) is 0.707. The van der Waals surface area contributed by atoms with Gasteiger partial charge in [0.2, 0.25) is 0 Å². The van der Waals surface area contributed by atoms with Gasteiger partial charge in [-0.15, -0.1) is 11.8 Å². The second kappa shape index (κ2) is 7.31. The zero-order valence-corrected chi connectivity index (χ0v) is 18.7. The summed E-state index contributed by atoms with van der Waals surface area (Å²) in [5.74, 6) is 5.22. The van der Waals surface area contributed by atoms with Gasteiger partial charge in [-0.3, -0.25) is 4.68 Å². The summed E-state index contributed by atoms with van der Waals surface area (Å²) in [5, 5.41) is 24.7. The summed E-state index contributed by atoms with van der Waals surface area (Å²) < 4.78 is 1.94. The van der Waals surface area contributed by atoms with E-state index in [1.807, 2.05) is 10.9 Å². The Bertz CT molecular complexity index is 798. The van der Waals surface area contributed by atoms with Crippen molar-refractivity contribution in [2.45, 2.75) is 88.4 Å². The zero-order valence-electron chi connectivity index (χ0n) is 17.9. The van der Waals surface area contributed by atoms with E-state index in [-0.39, 0.29) is 0 Å². The molecule has 8 atom stereocenters. The summed E-state index contributed by atoms with van der Waals surface area (Å²) in [6.07, 6.45) is 15.1. The average Bonchev–Trinajstić information content (AvgIpc) is 3.29. The molecule has 0 unspecified atom stereocenters. The lowest BCUT2D eigenvalue weighted by Gasteiger charge is -2.57. The van der Waals surface area contributed by atoms with Gasteiger partial charge in [-0.05, 0) is 99.7 Å². The Morgan fingerprint density at radius 3 is 2.76 bits per heavy atom. The number of nitrogens with zero attached hydrogens (tertiary/aromatic N) is 3. The molecule has 0 aliphatic heterocycles. The summed E-state index contributed by atoms with van der Waals surface area (Å²) >= 11 is 2.07. The van der Waals surface area contributed by atoms with Crippen molar-refractivity contribution in [3.05, 3.63) is 18.0 Å². The lowest BCUT2D eigenvalue weighted by Crippen LogP contribution is -2.50. The number of rotatable bonds is 3. The van der Waals surface area contributed by atoms with Crippen molar-refractivity contribution in [2.75, 3.05) is 0 Å². The van der Waals surface area contributed by atoms with Crippen LogP contribution in [0.3, 0.4) is 0 Å². The predicted octanol–water partition coefficient (Wildman–Crippen LogP) is 5.22. The van der Waals surface area contributed by atoms with Crippen molar-refractivity contribution in [3.63, 3.8) is 0 Å². The highest BCUT2D eigenvalue weighted by atomic mass is 32.2. The van der Waals surface area contributed by atoms with Crippen molar-refractivity contribution in [1.82, 2.24) is 9.78 Å². The van der Waals surface area contributed by atoms with Crippen molar-refractivity contribution in [3.8, 4) is 6.07 Å². The van der Waals surface area contributed by atoms with Crippen LogP contribution in [0, 0.1) is 46.3 Å². The third-order valence-corrected chi connectivity index (χ3v) is 10.9. The second-order valence-corrected chi connectivity index (χ2v) is 12.1. The first-order chi connectivity index (χ1) is 13.9. The van der Waals surface area contributed by atoms with Crippen LogP contribution in [0.2, 0.25) is 0 Å². The molecule has 1 aromatic rings. The van der Waals surface area contributed by atoms with Gasteiger partial charge in [-0.25, -0.2) is 0 Å². The minimum atomic E-state index is -0.413. The molecule has 4 fully saturated rings. The molecule has 158 valence electrons. The molecule has 1 N–H and O–H groups in total. The molecule has 0 radical (unpaired) electrons. The topological polar surface area (TPSA) is 61.8 Å². The average molecular weight is 414 g/mol. The van der Waals surface area contributed by atoms with Gasteiger partial charge in [0.25, 0.3) is 0 Å². The minimum Gasteiger partial charge on any atom is -0.390 e. The molecule has 0 bridgehead atoms. The van der Waals surface area contributed by atoms with Crippen LogP contribution in [-0.2, 0) is 5.88 Å². The maximum Gasteiger partial charge on any atom is 0.102 e. The van der Waals surface area contributed by atoms with Gasteiger partial charge in [0, 0.05) is 11.4 Å². The van der Waals surface area contributed by atoms with Crippen molar-refractivity contribution < 1.29 is 5.11 Å². The van der Waals surface area contributed by atoms with Gasteiger partial charge < -0.3 is 5.11 Å². The Morgan fingerprint density at radius 2 is 1.97 bits per heavy atom. The maximum atomic E-state index is 10.6. The molecule has 5 heteroatoms. The number of hydrogen-bond donors (Lipinski definition) is 1. The highest BCUT2D eigenvalue weighted by Crippen LogP contribution is 2.64. The molecule has 0 aromatic carbocycles. The molecule has 4 aliphatic rings. The monoisotopic (exact) mass is 413 g/mol. The van der Waals surface area contributed by atoms with Gasteiger partial charge >= 0.3 is 0 Å². The lowest BCUT2D eigenvalue weighted by atomic mass is 9.50. The zero-order chi connectivity index (χ0) is 20.2. The van der Waals surface area contributed by atoms with E-state index in [4.69, 9.17) is 5.26 Å². The summed E-state index contributed by atoms with van der Waals surface area (Å²) in [7, 11) is 0. The van der Waals surface area contributed by atoms with Crippen LogP contribution in [0.1, 0.15) is 77.2 Å². The van der Waals surface area contributed by atoms with E-state index < -0.39 is 5.60 Å². The van der Waals surface area contributed by atoms with Crippen LogP contribution < -0.4 is 0 Å². The van der Waals surface area contributed by atoms with E-state index >= 15 is 0 Å². The van der Waals surface area contributed by atoms with E-state index in [2.05, 4.69) is 36.8 Å². The smallest absolute Gasteiger partial charge is 0.102 e. The van der Waals surface area contributed by atoms with Crippen molar-refractivity contribution in [1.29, 1.82) is 5.26 Å². The number of thioether (sulfide) groups is 1. The van der Waals surface area contributed by atoms with Crippen molar-refractivity contribution in [2.24, 2.45) is 35.0 Å². The Balaban J connectivity index is 1.26. The summed E-state index contributed by atoms with van der Waals surface area (Å²) in [4.78, 5) is 0. The van der Waals surface area contributed by atoms with Crippen LogP contribution in [0.4, 0.5) is 0 Å². The first-order valence-electron chi connectivity index (χ1n) is 11.7. The first-order valence-corrected chi connectivity index (χ1v) is 12.7. The highest BCUT2D eigenvalue weighted by Gasteiger charge is 2.57. The number of aliphatic hydroxyl groups is 1.